The molecular formula is C11H15ClF2N2O2S. The van der Waals surface area contributed by atoms with Crippen LogP contribution in [0.15, 0.2) is 17.2 Å². The van der Waals surface area contributed by atoms with Crippen molar-refractivity contribution in [2.45, 2.75) is 36.1 Å². The van der Waals surface area contributed by atoms with E-state index in [0.717, 1.165) is 19.9 Å². The highest BCUT2D eigenvalue weighted by molar-refractivity contribution is 7.89. The van der Waals surface area contributed by atoms with Gasteiger partial charge in [0.15, 0.2) is 0 Å². The molecule has 1 aromatic rings. The first-order valence-electron chi connectivity index (χ1n) is 5.87. The number of sulfonamides is 1. The summed E-state index contributed by atoms with van der Waals surface area (Å²) in [5.41, 5.74) is 0.702. The van der Waals surface area contributed by atoms with Crippen LogP contribution in [0.3, 0.4) is 0 Å². The normalized spacial score (nSPS) is 16.5. The molecule has 8 heteroatoms. The second-order valence-corrected chi connectivity index (χ2v) is 6.93. The van der Waals surface area contributed by atoms with Gasteiger partial charge in [-0.25, -0.2) is 17.2 Å². The summed E-state index contributed by atoms with van der Waals surface area (Å²) in [5, 5.41) is 0. The van der Waals surface area contributed by atoms with Gasteiger partial charge in [0.25, 0.3) is 6.43 Å². The molecule has 1 aromatic heterocycles. The molecule has 0 bridgehead atoms. The van der Waals surface area contributed by atoms with E-state index in [2.05, 4.69) is 0 Å². The van der Waals surface area contributed by atoms with Gasteiger partial charge in [-0.2, -0.15) is 4.31 Å². The Morgan fingerprint density at radius 1 is 1.53 bits per heavy atom. The standard InChI is InChI=1S/C11H15ClF2N2O2S/c1-15(7-11(13)14)19(17,18)10-4-9(5-12)16(6-10)8-2-3-8/h4,6,8,11H,2-3,5,7H2,1H3. The number of nitrogens with zero attached hydrogens (tertiary/aromatic N) is 2. The third-order valence-electron chi connectivity index (χ3n) is 3.09. The first-order chi connectivity index (χ1) is 8.86. The fourth-order valence-electron chi connectivity index (χ4n) is 1.91. The number of hydrogen-bond acceptors (Lipinski definition) is 2. The van der Waals surface area contributed by atoms with Crippen molar-refractivity contribution in [1.82, 2.24) is 8.87 Å². The summed E-state index contributed by atoms with van der Waals surface area (Å²) in [6, 6.07) is 1.75. The lowest BCUT2D eigenvalue weighted by Crippen LogP contribution is -2.31. The van der Waals surface area contributed by atoms with Crippen molar-refractivity contribution in [3.05, 3.63) is 18.0 Å². The Bertz CT molecular complexity index is 555. The van der Waals surface area contributed by atoms with E-state index >= 15 is 0 Å². The van der Waals surface area contributed by atoms with Gasteiger partial charge < -0.3 is 4.57 Å². The molecule has 0 amide bonds. The molecular weight excluding hydrogens is 298 g/mol. The first kappa shape index (κ1) is 14.7. The van der Waals surface area contributed by atoms with Crippen molar-refractivity contribution < 1.29 is 17.2 Å². The van der Waals surface area contributed by atoms with Crippen LogP contribution >= 0.6 is 11.6 Å². The van der Waals surface area contributed by atoms with E-state index in [-0.39, 0.29) is 16.8 Å². The van der Waals surface area contributed by atoms with Gasteiger partial charge in [-0.1, -0.05) is 0 Å². The fourth-order valence-corrected chi connectivity index (χ4v) is 3.33. The molecule has 1 heterocycles. The summed E-state index contributed by atoms with van der Waals surface area (Å²) in [5.74, 6) is 0.199. The monoisotopic (exact) mass is 312 g/mol. The Morgan fingerprint density at radius 3 is 2.63 bits per heavy atom. The molecule has 1 fully saturated rings. The quantitative estimate of drug-likeness (QED) is 0.757. The molecule has 1 aliphatic rings. The van der Waals surface area contributed by atoms with E-state index < -0.39 is 23.0 Å². The highest BCUT2D eigenvalue weighted by Crippen LogP contribution is 2.38. The molecule has 0 spiro atoms. The fraction of sp³-hybridized carbons (Fsp3) is 0.636. The van der Waals surface area contributed by atoms with E-state index in [4.69, 9.17) is 11.6 Å². The maximum atomic E-state index is 12.3. The number of rotatable bonds is 6. The molecule has 19 heavy (non-hydrogen) atoms. The molecule has 0 saturated heterocycles. The third-order valence-corrected chi connectivity index (χ3v) is 5.15. The van der Waals surface area contributed by atoms with Crippen LogP contribution in [0.5, 0.6) is 0 Å². The summed E-state index contributed by atoms with van der Waals surface area (Å²) in [6.07, 6.45) is 0.778. The topological polar surface area (TPSA) is 42.3 Å². The number of halogens is 3. The van der Waals surface area contributed by atoms with Gasteiger partial charge in [0.1, 0.15) is 4.90 Å². The van der Waals surface area contributed by atoms with Crippen LogP contribution in [-0.2, 0) is 15.9 Å². The predicted molar refractivity (Wildman–Crippen MR) is 68.1 cm³/mol. The molecule has 2 rings (SSSR count). The molecule has 0 atom stereocenters. The third kappa shape index (κ3) is 3.09. The van der Waals surface area contributed by atoms with E-state index in [9.17, 15) is 17.2 Å². The highest BCUT2D eigenvalue weighted by Gasteiger charge is 2.30. The molecule has 4 nitrogen and oxygen atoms in total. The molecule has 0 radical (unpaired) electrons. The summed E-state index contributed by atoms with van der Waals surface area (Å²) < 4.78 is 51.3. The van der Waals surface area contributed by atoms with Crippen LogP contribution < -0.4 is 0 Å². The molecule has 1 aliphatic carbocycles. The minimum Gasteiger partial charge on any atom is -0.346 e. The minimum absolute atomic E-state index is 0.0261. The Labute approximate surface area is 116 Å². The SMILES string of the molecule is CN(CC(F)F)S(=O)(=O)c1cc(CCl)n(C2CC2)c1. The Hall–Kier alpha value is -0.660. The maximum Gasteiger partial charge on any atom is 0.252 e. The number of hydrogen-bond donors (Lipinski definition) is 0. The molecule has 0 aromatic carbocycles. The maximum absolute atomic E-state index is 12.3. The lowest BCUT2D eigenvalue weighted by molar-refractivity contribution is 0.126. The largest absolute Gasteiger partial charge is 0.346 e. The van der Waals surface area contributed by atoms with Crippen LogP contribution in [0.25, 0.3) is 0 Å². The van der Waals surface area contributed by atoms with Gasteiger partial charge in [0.2, 0.25) is 10.0 Å². The van der Waals surface area contributed by atoms with Crippen LogP contribution in [0, 0.1) is 0 Å². The molecule has 108 valence electrons. The average Bonchev–Trinajstić information content (AvgIpc) is 3.07. The van der Waals surface area contributed by atoms with Crippen LogP contribution in [0.2, 0.25) is 0 Å². The van der Waals surface area contributed by atoms with E-state index in [1.54, 1.807) is 0 Å². The summed E-state index contributed by atoms with van der Waals surface area (Å²) in [4.78, 5) is 0.0261. The Balaban J connectivity index is 2.29. The Kier molecular flexibility index (Phi) is 4.17. The van der Waals surface area contributed by atoms with Gasteiger partial charge >= 0.3 is 0 Å². The lowest BCUT2D eigenvalue weighted by Gasteiger charge is -2.15. The zero-order chi connectivity index (χ0) is 14.2. The van der Waals surface area contributed by atoms with Gasteiger partial charge in [-0.3, -0.25) is 0 Å². The molecule has 0 unspecified atom stereocenters. The van der Waals surface area contributed by atoms with Crippen molar-refractivity contribution in [3.63, 3.8) is 0 Å². The van der Waals surface area contributed by atoms with Gasteiger partial charge in [-0.05, 0) is 18.9 Å². The van der Waals surface area contributed by atoms with Crippen LogP contribution in [0.4, 0.5) is 8.78 Å². The zero-order valence-electron chi connectivity index (χ0n) is 10.4. The van der Waals surface area contributed by atoms with Gasteiger partial charge in [-0.15, -0.1) is 11.6 Å². The van der Waals surface area contributed by atoms with E-state index in [0.29, 0.717) is 10.00 Å². The van der Waals surface area contributed by atoms with Crippen molar-refractivity contribution in [1.29, 1.82) is 0 Å². The highest BCUT2D eigenvalue weighted by atomic mass is 35.5. The number of alkyl halides is 3. The second kappa shape index (κ2) is 5.38. The van der Waals surface area contributed by atoms with Crippen molar-refractivity contribution in [3.8, 4) is 0 Å². The second-order valence-electron chi connectivity index (χ2n) is 4.62. The molecule has 0 aliphatic heterocycles. The smallest absolute Gasteiger partial charge is 0.252 e. The number of aromatic nitrogens is 1. The van der Waals surface area contributed by atoms with Gasteiger partial charge in [0.05, 0.1) is 12.4 Å². The summed E-state index contributed by atoms with van der Waals surface area (Å²) in [7, 11) is -2.73. The van der Waals surface area contributed by atoms with Gasteiger partial charge in [0, 0.05) is 25.0 Å². The van der Waals surface area contributed by atoms with E-state index in [1.807, 2.05) is 4.57 Å². The summed E-state index contributed by atoms with van der Waals surface area (Å²) >= 11 is 5.78. The molecule has 1 saturated carbocycles. The van der Waals surface area contributed by atoms with Crippen molar-refractivity contribution in [2.24, 2.45) is 0 Å². The van der Waals surface area contributed by atoms with Crippen molar-refractivity contribution in [2.75, 3.05) is 13.6 Å². The first-order valence-corrected chi connectivity index (χ1v) is 7.85. The lowest BCUT2D eigenvalue weighted by atomic mass is 10.5. The molecule has 0 N–H and O–H groups in total. The Morgan fingerprint density at radius 2 is 2.16 bits per heavy atom. The van der Waals surface area contributed by atoms with Crippen LogP contribution in [-0.4, -0.2) is 37.3 Å². The average molecular weight is 313 g/mol. The zero-order valence-corrected chi connectivity index (χ0v) is 12.0. The van der Waals surface area contributed by atoms with Crippen LogP contribution in [0.1, 0.15) is 24.6 Å². The minimum atomic E-state index is -3.88. The van der Waals surface area contributed by atoms with Crippen molar-refractivity contribution >= 4 is 21.6 Å². The van der Waals surface area contributed by atoms with E-state index in [1.165, 1.54) is 12.3 Å². The predicted octanol–water partition coefficient (Wildman–Crippen LogP) is 2.45. The summed E-state index contributed by atoms with van der Waals surface area (Å²) in [6.45, 7) is -0.812.